The predicted octanol–water partition coefficient (Wildman–Crippen LogP) is 2.36. The highest BCUT2D eigenvalue weighted by Crippen LogP contribution is 2.16. The van der Waals surface area contributed by atoms with Crippen LogP contribution in [0.25, 0.3) is 0 Å². The third kappa shape index (κ3) is 5.47. The molecule has 4 nitrogen and oxygen atoms in total. The zero-order chi connectivity index (χ0) is 12.4. The average Bonchev–Trinajstić information content (AvgIpc) is 2.32. The number of carbonyl (C=O) groups is 1. The number of hydrogen-bond acceptors (Lipinski definition) is 4. The van der Waals surface area contributed by atoms with E-state index >= 15 is 0 Å². The zero-order valence-corrected chi connectivity index (χ0v) is 10.8. The summed E-state index contributed by atoms with van der Waals surface area (Å²) in [4.78, 5) is 11.5. The molecule has 0 aromatic rings. The highest BCUT2D eigenvalue weighted by Gasteiger charge is 2.28. The van der Waals surface area contributed by atoms with Crippen molar-refractivity contribution in [3.8, 4) is 0 Å². The number of esters is 1. The molecule has 0 aromatic heterocycles. The van der Waals surface area contributed by atoms with Gasteiger partial charge in [0, 0.05) is 13.2 Å². The minimum Gasteiger partial charge on any atom is -0.469 e. The molecule has 1 atom stereocenters. The summed E-state index contributed by atoms with van der Waals surface area (Å²) >= 11 is 0. The first-order valence-corrected chi connectivity index (χ1v) is 6.02. The van der Waals surface area contributed by atoms with Gasteiger partial charge in [0.2, 0.25) is 0 Å². The molecule has 96 valence electrons. The Balaban J connectivity index is 4.35. The van der Waals surface area contributed by atoms with E-state index in [2.05, 4.69) is 0 Å². The Morgan fingerprint density at radius 2 is 1.56 bits per heavy atom. The molecule has 0 aromatic carbocycles. The second-order valence-electron chi connectivity index (χ2n) is 3.65. The minimum atomic E-state index is -0.475. The maximum absolute atomic E-state index is 11.5. The lowest BCUT2D eigenvalue weighted by Crippen LogP contribution is -2.34. The maximum Gasteiger partial charge on any atom is 0.313 e. The van der Waals surface area contributed by atoms with Crippen LogP contribution in [-0.4, -0.2) is 32.6 Å². The molecule has 0 rings (SSSR count). The molecule has 0 fully saturated rings. The van der Waals surface area contributed by atoms with Gasteiger partial charge in [-0.3, -0.25) is 4.79 Å². The van der Waals surface area contributed by atoms with Crippen LogP contribution in [0.5, 0.6) is 0 Å². The average molecular weight is 232 g/mol. The SMILES string of the molecule is CCCOC(OCCC)C(CC)C(=O)OC. The Hall–Kier alpha value is -0.610. The number of rotatable bonds is 9. The van der Waals surface area contributed by atoms with Gasteiger partial charge in [-0.05, 0) is 19.3 Å². The molecular weight excluding hydrogens is 208 g/mol. The summed E-state index contributed by atoms with van der Waals surface area (Å²) in [6.45, 7) is 7.18. The highest BCUT2D eigenvalue weighted by atomic mass is 16.7. The van der Waals surface area contributed by atoms with E-state index in [1.807, 2.05) is 20.8 Å². The van der Waals surface area contributed by atoms with E-state index in [0.29, 0.717) is 19.6 Å². The van der Waals surface area contributed by atoms with E-state index in [1.54, 1.807) is 0 Å². The molecule has 0 N–H and O–H groups in total. The first-order chi connectivity index (χ1) is 7.71. The van der Waals surface area contributed by atoms with Gasteiger partial charge in [0.15, 0.2) is 6.29 Å². The highest BCUT2D eigenvalue weighted by molar-refractivity contribution is 5.72. The van der Waals surface area contributed by atoms with Crippen molar-refractivity contribution in [2.24, 2.45) is 5.92 Å². The molecule has 4 heteroatoms. The lowest BCUT2D eigenvalue weighted by Gasteiger charge is -2.24. The van der Waals surface area contributed by atoms with E-state index < -0.39 is 6.29 Å². The Bertz CT molecular complexity index is 174. The van der Waals surface area contributed by atoms with Gasteiger partial charge in [0.05, 0.1) is 7.11 Å². The van der Waals surface area contributed by atoms with Crippen LogP contribution >= 0.6 is 0 Å². The standard InChI is InChI=1S/C12H24O4/c1-5-8-15-12(16-9-6-2)10(7-3)11(13)14-4/h10,12H,5-9H2,1-4H3. The fourth-order valence-electron chi connectivity index (χ4n) is 1.37. The van der Waals surface area contributed by atoms with Crippen LogP contribution in [0.3, 0.4) is 0 Å². The number of carbonyl (C=O) groups excluding carboxylic acids is 1. The predicted molar refractivity (Wildman–Crippen MR) is 62.1 cm³/mol. The van der Waals surface area contributed by atoms with E-state index in [9.17, 15) is 4.79 Å². The van der Waals surface area contributed by atoms with Gasteiger partial charge < -0.3 is 14.2 Å². The molecule has 0 heterocycles. The van der Waals surface area contributed by atoms with Gasteiger partial charge in [0.25, 0.3) is 0 Å². The third-order valence-corrected chi connectivity index (χ3v) is 2.24. The molecule has 0 aliphatic carbocycles. The summed E-state index contributed by atoms with van der Waals surface area (Å²) in [7, 11) is 1.39. The first kappa shape index (κ1) is 15.4. The van der Waals surface area contributed by atoms with E-state index in [0.717, 1.165) is 12.8 Å². The fourth-order valence-corrected chi connectivity index (χ4v) is 1.37. The summed E-state index contributed by atoms with van der Waals surface area (Å²) in [6.07, 6.45) is 2.00. The monoisotopic (exact) mass is 232 g/mol. The van der Waals surface area contributed by atoms with Crippen LogP contribution in [0.15, 0.2) is 0 Å². The Morgan fingerprint density at radius 3 is 1.88 bits per heavy atom. The summed E-state index contributed by atoms with van der Waals surface area (Å²) < 4.78 is 15.8. The van der Waals surface area contributed by atoms with Gasteiger partial charge >= 0.3 is 5.97 Å². The van der Waals surface area contributed by atoms with Crippen molar-refractivity contribution < 1.29 is 19.0 Å². The van der Waals surface area contributed by atoms with Crippen LogP contribution < -0.4 is 0 Å². The second-order valence-corrected chi connectivity index (χ2v) is 3.65. The second kappa shape index (κ2) is 9.60. The number of ether oxygens (including phenoxy) is 3. The smallest absolute Gasteiger partial charge is 0.313 e. The molecule has 0 saturated heterocycles. The summed E-state index contributed by atoms with van der Waals surface area (Å²) in [5.74, 6) is -0.595. The molecule has 0 amide bonds. The number of methoxy groups -OCH3 is 1. The van der Waals surface area contributed by atoms with Gasteiger partial charge in [-0.15, -0.1) is 0 Å². The molecule has 0 spiro atoms. The fraction of sp³-hybridized carbons (Fsp3) is 0.917. The van der Waals surface area contributed by atoms with Crippen molar-refractivity contribution in [2.45, 2.75) is 46.3 Å². The van der Waals surface area contributed by atoms with Crippen LogP contribution in [-0.2, 0) is 19.0 Å². The quantitative estimate of drug-likeness (QED) is 0.452. The minimum absolute atomic E-state index is 0.264. The Labute approximate surface area is 98.3 Å². The Kier molecular flexibility index (Phi) is 9.24. The molecular formula is C12H24O4. The molecule has 1 unspecified atom stereocenters. The van der Waals surface area contributed by atoms with Crippen LogP contribution in [0, 0.1) is 5.92 Å². The summed E-state index contributed by atoms with van der Waals surface area (Å²) in [6, 6.07) is 0. The molecule has 0 aliphatic heterocycles. The van der Waals surface area contributed by atoms with Crippen LogP contribution in [0.1, 0.15) is 40.0 Å². The van der Waals surface area contributed by atoms with Crippen molar-refractivity contribution in [1.82, 2.24) is 0 Å². The molecule has 16 heavy (non-hydrogen) atoms. The number of hydrogen-bond donors (Lipinski definition) is 0. The molecule has 0 radical (unpaired) electrons. The van der Waals surface area contributed by atoms with Crippen LogP contribution in [0.2, 0.25) is 0 Å². The maximum atomic E-state index is 11.5. The van der Waals surface area contributed by atoms with E-state index in [-0.39, 0.29) is 11.9 Å². The zero-order valence-electron chi connectivity index (χ0n) is 10.8. The van der Waals surface area contributed by atoms with Gasteiger partial charge in [-0.1, -0.05) is 20.8 Å². The van der Waals surface area contributed by atoms with Crippen molar-refractivity contribution in [1.29, 1.82) is 0 Å². The Morgan fingerprint density at radius 1 is 1.06 bits per heavy atom. The van der Waals surface area contributed by atoms with E-state index in [1.165, 1.54) is 7.11 Å². The van der Waals surface area contributed by atoms with Crippen molar-refractivity contribution >= 4 is 5.97 Å². The van der Waals surface area contributed by atoms with Gasteiger partial charge in [0.1, 0.15) is 5.92 Å². The summed E-state index contributed by atoms with van der Waals surface area (Å²) in [5, 5.41) is 0. The largest absolute Gasteiger partial charge is 0.469 e. The van der Waals surface area contributed by atoms with Crippen molar-refractivity contribution in [3.63, 3.8) is 0 Å². The normalized spacial score (nSPS) is 12.8. The third-order valence-electron chi connectivity index (χ3n) is 2.24. The van der Waals surface area contributed by atoms with Crippen molar-refractivity contribution in [3.05, 3.63) is 0 Å². The summed E-state index contributed by atoms with van der Waals surface area (Å²) in [5.41, 5.74) is 0. The van der Waals surface area contributed by atoms with Crippen molar-refractivity contribution in [2.75, 3.05) is 20.3 Å². The topological polar surface area (TPSA) is 44.8 Å². The van der Waals surface area contributed by atoms with Gasteiger partial charge in [-0.25, -0.2) is 0 Å². The first-order valence-electron chi connectivity index (χ1n) is 6.02. The van der Waals surface area contributed by atoms with E-state index in [4.69, 9.17) is 14.2 Å². The van der Waals surface area contributed by atoms with Crippen LogP contribution in [0.4, 0.5) is 0 Å². The lowest BCUT2D eigenvalue weighted by atomic mass is 10.1. The lowest BCUT2D eigenvalue weighted by molar-refractivity contribution is -0.191. The van der Waals surface area contributed by atoms with Gasteiger partial charge in [-0.2, -0.15) is 0 Å². The molecule has 0 aliphatic rings. The molecule has 0 saturated carbocycles. The molecule has 0 bridgehead atoms.